The Morgan fingerprint density at radius 2 is 2.09 bits per heavy atom. The molecule has 1 aromatic carbocycles. The Hall–Kier alpha value is -2.87. The van der Waals surface area contributed by atoms with E-state index in [1.54, 1.807) is 25.1 Å². The number of hydrogen-bond acceptors (Lipinski definition) is 3. The van der Waals surface area contributed by atoms with E-state index in [0.717, 1.165) is 0 Å². The second-order valence-corrected chi connectivity index (χ2v) is 5.69. The van der Waals surface area contributed by atoms with Crippen molar-refractivity contribution in [1.82, 2.24) is 4.98 Å². The summed E-state index contributed by atoms with van der Waals surface area (Å²) in [5.41, 5.74) is 2.41. The molecule has 2 rings (SSSR count). The van der Waals surface area contributed by atoms with Crippen LogP contribution in [0.5, 0.6) is 5.75 Å². The van der Waals surface area contributed by atoms with Gasteiger partial charge in [-0.2, -0.15) is 0 Å². The molecule has 0 saturated heterocycles. The molecule has 0 unspecified atom stereocenters. The Balaban J connectivity index is 2.41. The van der Waals surface area contributed by atoms with Crippen LogP contribution in [0.1, 0.15) is 29.9 Å². The first-order valence-corrected chi connectivity index (χ1v) is 7.27. The number of nitrogens with zero attached hydrogens (tertiary/aromatic N) is 2. The summed E-state index contributed by atoms with van der Waals surface area (Å²) in [4.78, 5) is 19.0. The summed E-state index contributed by atoms with van der Waals surface area (Å²) >= 11 is 0. The zero-order valence-electron chi connectivity index (χ0n) is 13.3. The fourth-order valence-electron chi connectivity index (χ4n) is 2.08. The van der Waals surface area contributed by atoms with E-state index in [0.29, 0.717) is 40.9 Å². The maximum absolute atomic E-state index is 11.2. The number of carbonyl (C=O) groups is 1. The lowest BCUT2D eigenvalue weighted by Crippen LogP contribution is -2.04. The molecule has 5 heteroatoms. The van der Waals surface area contributed by atoms with Crippen LogP contribution < -0.4 is 4.74 Å². The first kappa shape index (κ1) is 16.5. The van der Waals surface area contributed by atoms with Gasteiger partial charge in [0.2, 0.25) is 5.69 Å². The highest BCUT2D eigenvalue weighted by Gasteiger charge is 2.11. The third kappa shape index (κ3) is 4.07. The zero-order valence-corrected chi connectivity index (χ0v) is 13.3. The standard InChI is InChI=1S/C18H18N2O3/c1-11(2)10-23-17-6-5-13(8-16(17)19-4)15-9-14(18(21)22)7-12(3)20-15/h5-9,11H,10H2,1-3H3,(H,21,22). The number of aromatic carboxylic acids is 1. The average Bonchev–Trinajstić information content (AvgIpc) is 2.52. The highest BCUT2D eigenvalue weighted by Crippen LogP contribution is 2.33. The first-order chi connectivity index (χ1) is 10.9. The Morgan fingerprint density at radius 1 is 1.35 bits per heavy atom. The molecule has 0 amide bonds. The first-order valence-electron chi connectivity index (χ1n) is 7.27. The molecule has 0 atom stereocenters. The molecular formula is C18H18N2O3. The molecule has 1 heterocycles. The predicted octanol–water partition coefficient (Wildman–Crippen LogP) is 4.34. The van der Waals surface area contributed by atoms with Gasteiger partial charge < -0.3 is 9.84 Å². The summed E-state index contributed by atoms with van der Waals surface area (Å²) in [6.07, 6.45) is 0. The van der Waals surface area contributed by atoms with Crippen molar-refractivity contribution in [3.05, 3.63) is 53.0 Å². The Bertz CT molecular complexity index is 776. The smallest absolute Gasteiger partial charge is 0.335 e. The van der Waals surface area contributed by atoms with E-state index in [1.165, 1.54) is 12.1 Å². The van der Waals surface area contributed by atoms with Gasteiger partial charge in [0.25, 0.3) is 0 Å². The summed E-state index contributed by atoms with van der Waals surface area (Å²) in [5.74, 6) is -0.104. The van der Waals surface area contributed by atoms with E-state index in [4.69, 9.17) is 16.4 Å². The number of pyridine rings is 1. The van der Waals surface area contributed by atoms with E-state index in [1.807, 2.05) is 13.8 Å². The van der Waals surface area contributed by atoms with Gasteiger partial charge in [-0.25, -0.2) is 9.64 Å². The van der Waals surface area contributed by atoms with Crippen LogP contribution in [0.4, 0.5) is 5.69 Å². The summed E-state index contributed by atoms with van der Waals surface area (Å²) in [6.45, 7) is 13.7. The number of rotatable bonds is 5. The van der Waals surface area contributed by atoms with Crippen molar-refractivity contribution in [2.75, 3.05) is 6.61 Å². The Morgan fingerprint density at radius 3 is 2.70 bits per heavy atom. The van der Waals surface area contributed by atoms with Crippen molar-refractivity contribution in [3.63, 3.8) is 0 Å². The van der Waals surface area contributed by atoms with Crippen molar-refractivity contribution in [3.8, 4) is 17.0 Å². The third-order valence-corrected chi connectivity index (χ3v) is 3.15. The minimum atomic E-state index is -1.00. The van der Waals surface area contributed by atoms with Gasteiger partial charge in [-0.3, -0.25) is 4.98 Å². The molecule has 0 radical (unpaired) electrons. The van der Waals surface area contributed by atoms with E-state index >= 15 is 0 Å². The lowest BCUT2D eigenvalue weighted by Gasteiger charge is -2.12. The molecule has 0 spiro atoms. The largest absolute Gasteiger partial charge is 0.504 e. The summed E-state index contributed by atoms with van der Waals surface area (Å²) < 4.78 is 5.64. The fourth-order valence-corrected chi connectivity index (χ4v) is 2.08. The average molecular weight is 310 g/mol. The van der Waals surface area contributed by atoms with Crippen molar-refractivity contribution in [1.29, 1.82) is 0 Å². The number of hydrogen-bond donors (Lipinski definition) is 1. The zero-order chi connectivity index (χ0) is 17.0. The molecule has 118 valence electrons. The lowest BCUT2D eigenvalue weighted by molar-refractivity contribution is 0.0696. The summed E-state index contributed by atoms with van der Waals surface area (Å²) in [5, 5.41) is 9.15. The van der Waals surface area contributed by atoms with E-state index in [9.17, 15) is 4.79 Å². The number of carboxylic acid groups (broad SMARTS) is 1. The molecule has 0 aliphatic heterocycles. The van der Waals surface area contributed by atoms with Crippen molar-refractivity contribution in [2.45, 2.75) is 20.8 Å². The Kier molecular flexibility index (Phi) is 4.97. The van der Waals surface area contributed by atoms with Gasteiger partial charge in [-0.05, 0) is 42.7 Å². The van der Waals surface area contributed by atoms with E-state index in [2.05, 4.69) is 9.83 Å². The maximum Gasteiger partial charge on any atom is 0.335 e. The van der Waals surface area contributed by atoms with Gasteiger partial charge >= 0.3 is 5.97 Å². The van der Waals surface area contributed by atoms with Crippen LogP contribution in [0, 0.1) is 19.4 Å². The van der Waals surface area contributed by atoms with Crippen LogP contribution in [0.25, 0.3) is 16.1 Å². The van der Waals surface area contributed by atoms with E-state index in [-0.39, 0.29) is 5.56 Å². The minimum Gasteiger partial charge on any atom is -0.504 e. The van der Waals surface area contributed by atoms with Crippen molar-refractivity contribution < 1.29 is 14.6 Å². The third-order valence-electron chi connectivity index (χ3n) is 3.15. The molecule has 0 fully saturated rings. The summed E-state index contributed by atoms with van der Waals surface area (Å²) in [7, 11) is 0. The number of aryl methyl sites for hydroxylation is 1. The van der Waals surface area contributed by atoms with Crippen LogP contribution in [0.15, 0.2) is 30.3 Å². The quantitative estimate of drug-likeness (QED) is 0.834. The van der Waals surface area contributed by atoms with Gasteiger partial charge in [0.15, 0.2) is 0 Å². The second kappa shape index (κ2) is 6.93. The topological polar surface area (TPSA) is 63.8 Å². The highest BCUT2D eigenvalue weighted by atomic mass is 16.5. The number of carboxylic acids is 1. The van der Waals surface area contributed by atoms with Crippen molar-refractivity contribution >= 4 is 11.7 Å². The van der Waals surface area contributed by atoms with Gasteiger partial charge in [-0.1, -0.05) is 19.9 Å². The molecule has 2 aromatic rings. The fraction of sp³-hybridized carbons (Fsp3) is 0.278. The second-order valence-electron chi connectivity index (χ2n) is 5.69. The lowest BCUT2D eigenvalue weighted by atomic mass is 10.1. The molecule has 0 saturated carbocycles. The molecular weight excluding hydrogens is 292 g/mol. The molecule has 5 nitrogen and oxygen atoms in total. The monoisotopic (exact) mass is 310 g/mol. The molecule has 0 aliphatic carbocycles. The molecule has 23 heavy (non-hydrogen) atoms. The maximum atomic E-state index is 11.2. The van der Waals surface area contributed by atoms with Crippen molar-refractivity contribution in [2.24, 2.45) is 5.92 Å². The number of ether oxygens (including phenoxy) is 1. The minimum absolute atomic E-state index is 0.178. The number of benzene rings is 1. The molecule has 0 bridgehead atoms. The molecule has 0 aliphatic rings. The van der Waals surface area contributed by atoms with Gasteiger partial charge in [0.1, 0.15) is 5.75 Å². The number of aromatic nitrogens is 1. The van der Waals surface area contributed by atoms with Crippen LogP contribution in [-0.4, -0.2) is 22.7 Å². The molecule has 1 N–H and O–H groups in total. The normalized spacial score (nSPS) is 10.4. The molecule has 1 aromatic heterocycles. The van der Waals surface area contributed by atoms with Crippen LogP contribution >= 0.6 is 0 Å². The van der Waals surface area contributed by atoms with Crippen LogP contribution in [-0.2, 0) is 0 Å². The Labute approximate surface area is 135 Å². The van der Waals surface area contributed by atoms with E-state index < -0.39 is 5.97 Å². The summed E-state index contributed by atoms with van der Waals surface area (Å²) in [6, 6.07) is 8.22. The SMILES string of the molecule is [C-]#[N+]c1cc(-c2cc(C(=O)O)cc(C)n2)ccc1OCC(C)C. The van der Waals surface area contributed by atoms with Gasteiger partial charge in [-0.15, -0.1) is 0 Å². The van der Waals surface area contributed by atoms with Crippen LogP contribution in [0.2, 0.25) is 0 Å². The predicted molar refractivity (Wildman–Crippen MR) is 88.0 cm³/mol. The van der Waals surface area contributed by atoms with Gasteiger partial charge in [0.05, 0.1) is 24.4 Å². The van der Waals surface area contributed by atoms with Gasteiger partial charge in [0, 0.05) is 5.69 Å². The van der Waals surface area contributed by atoms with Crippen LogP contribution in [0.3, 0.4) is 0 Å². The highest BCUT2D eigenvalue weighted by molar-refractivity contribution is 5.89.